The van der Waals surface area contributed by atoms with Crippen molar-refractivity contribution >= 4 is 46.7 Å². The second-order valence-electron chi connectivity index (χ2n) is 7.05. The Morgan fingerprint density at radius 2 is 2.00 bits per heavy atom. The van der Waals surface area contributed by atoms with E-state index in [9.17, 15) is 4.79 Å². The van der Waals surface area contributed by atoms with Crippen LogP contribution in [0.3, 0.4) is 0 Å². The van der Waals surface area contributed by atoms with E-state index in [4.69, 9.17) is 32.8 Å². The van der Waals surface area contributed by atoms with Crippen LogP contribution in [0.2, 0.25) is 10.0 Å². The molecule has 0 fully saturated rings. The van der Waals surface area contributed by atoms with E-state index < -0.39 is 0 Å². The number of nitrogens with one attached hydrogen (secondary N) is 1. The molecule has 0 unspecified atom stereocenters. The van der Waals surface area contributed by atoms with E-state index in [1.165, 1.54) is 0 Å². The van der Waals surface area contributed by atoms with Crippen molar-refractivity contribution in [2.75, 3.05) is 5.32 Å². The molecule has 3 heterocycles. The number of nitrogens with zero attached hydrogens (tertiary/aromatic N) is 3. The first-order chi connectivity index (χ1) is 15.0. The number of hydrogen-bond acceptors (Lipinski definition) is 5. The Morgan fingerprint density at radius 3 is 2.81 bits per heavy atom. The quantitative estimate of drug-likeness (QED) is 0.387. The summed E-state index contributed by atoms with van der Waals surface area (Å²) in [6, 6.07) is 14.6. The van der Waals surface area contributed by atoms with Crippen LogP contribution in [0.15, 0.2) is 53.1 Å². The van der Waals surface area contributed by atoms with Gasteiger partial charge in [-0.3, -0.25) is 4.79 Å². The number of hydrogen-bond donors (Lipinski definition) is 1. The zero-order chi connectivity index (χ0) is 21.5. The number of halogens is 2. The molecule has 0 aliphatic carbocycles. The molecule has 0 saturated carbocycles. The number of aromatic nitrogens is 3. The molecule has 6 nitrogen and oxygen atoms in total. The lowest BCUT2D eigenvalue weighted by Crippen LogP contribution is -2.17. The van der Waals surface area contributed by atoms with Crippen LogP contribution >= 0.6 is 35.0 Å². The minimum atomic E-state index is -0.337. The van der Waals surface area contributed by atoms with Gasteiger partial charge in [0, 0.05) is 27.7 Å². The Morgan fingerprint density at radius 1 is 1.16 bits per heavy atom. The number of benzene rings is 2. The van der Waals surface area contributed by atoms with Crippen molar-refractivity contribution in [1.29, 1.82) is 0 Å². The highest BCUT2D eigenvalue weighted by Gasteiger charge is 2.28. The first-order valence-electron chi connectivity index (χ1n) is 9.50. The molecule has 0 atom stereocenters. The smallest absolute Gasteiger partial charge is 0.262 e. The summed E-state index contributed by atoms with van der Waals surface area (Å²) in [7, 11) is 0. The van der Waals surface area contributed by atoms with Gasteiger partial charge in [-0.05, 0) is 31.2 Å². The molecule has 4 aromatic rings. The lowest BCUT2D eigenvalue weighted by molar-refractivity contribution is 0.102. The van der Waals surface area contributed by atoms with Gasteiger partial charge in [0.15, 0.2) is 0 Å². The van der Waals surface area contributed by atoms with Crippen molar-refractivity contribution in [3.8, 4) is 16.9 Å². The van der Waals surface area contributed by atoms with Crippen LogP contribution in [-0.2, 0) is 11.5 Å². The summed E-state index contributed by atoms with van der Waals surface area (Å²) >= 11 is 14.3. The Bertz CT molecular complexity index is 1310. The number of thioether (sulfide) groups is 1. The zero-order valence-electron chi connectivity index (χ0n) is 16.4. The van der Waals surface area contributed by atoms with Gasteiger partial charge in [0.05, 0.1) is 16.4 Å². The first-order valence-corrected chi connectivity index (χ1v) is 11.4. The van der Waals surface area contributed by atoms with Gasteiger partial charge in [0.2, 0.25) is 0 Å². The Labute approximate surface area is 192 Å². The average molecular weight is 471 g/mol. The van der Waals surface area contributed by atoms with E-state index in [-0.39, 0.29) is 5.91 Å². The lowest BCUT2D eigenvalue weighted by Gasteiger charge is -2.12. The van der Waals surface area contributed by atoms with Crippen molar-refractivity contribution in [3.63, 3.8) is 0 Å². The topological polar surface area (TPSA) is 73.0 Å². The van der Waals surface area contributed by atoms with Crippen molar-refractivity contribution in [3.05, 3.63) is 81.2 Å². The third kappa shape index (κ3) is 3.63. The number of carbonyl (C=O) groups excluding carboxylic acids is 1. The molecule has 0 bridgehead atoms. The van der Waals surface area contributed by atoms with Gasteiger partial charge in [0.25, 0.3) is 5.91 Å². The highest BCUT2D eigenvalue weighted by Crippen LogP contribution is 2.37. The van der Waals surface area contributed by atoms with Crippen LogP contribution < -0.4 is 5.32 Å². The van der Waals surface area contributed by atoms with Gasteiger partial charge in [-0.15, -0.1) is 0 Å². The fraction of sp³-hybridized carbons (Fsp3) is 0.136. The molecule has 1 aliphatic heterocycles. The highest BCUT2D eigenvalue weighted by molar-refractivity contribution is 7.98. The standard InChI is InChI=1S/C22H16Cl2N4O2S/c1-12-19(20(27-30-12)15-7-2-3-8-17(15)24)22(29)25-21-16-10-31-11-18(16)26-28(21)14-6-4-5-13(23)9-14/h2-9H,10-11H2,1H3,(H,25,29). The number of fused-ring (bicyclic) bond motifs is 1. The summed E-state index contributed by atoms with van der Waals surface area (Å²) < 4.78 is 7.08. The molecule has 2 aromatic carbocycles. The summed E-state index contributed by atoms with van der Waals surface area (Å²) in [6.07, 6.45) is 0. The lowest BCUT2D eigenvalue weighted by atomic mass is 10.1. The minimum Gasteiger partial charge on any atom is -0.360 e. The van der Waals surface area contributed by atoms with Crippen LogP contribution in [0.5, 0.6) is 0 Å². The zero-order valence-corrected chi connectivity index (χ0v) is 18.7. The van der Waals surface area contributed by atoms with Crippen LogP contribution in [0.4, 0.5) is 5.82 Å². The summed E-state index contributed by atoms with van der Waals surface area (Å²) in [6.45, 7) is 1.71. The monoisotopic (exact) mass is 470 g/mol. The van der Waals surface area contributed by atoms with Gasteiger partial charge in [-0.25, -0.2) is 4.68 Å². The fourth-order valence-corrected chi connectivity index (χ4v) is 5.03. The van der Waals surface area contributed by atoms with Crippen molar-refractivity contribution < 1.29 is 9.32 Å². The van der Waals surface area contributed by atoms with E-state index in [1.807, 2.05) is 30.3 Å². The third-order valence-corrected chi connectivity index (χ3v) is 6.59. The predicted octanol–water partition coefficient (Wildman–Crippen LogP) is 6.14. The molecule has 1 amide bonds. The third-order valence-electron chi connectivity index (χ3n) is 5.06. The SMILES string of the molecule is Cc1onc(-c2ccccc2Cl)c1C(=O)Nc1c2c(nn1-c1cccc(Cl)c1)CSC2. The van der Waals surface area contributed by atoms with Crippen molar-refractivity contribution in [2.45, 2.75) is 18.4 Å². The van der Waals surface area contributed by atoms with Gasteiger partial charge >= 0.3 is 0 Å². The second kappa shape index (κ2) is 8.07. The summed E-state index contributed by atoms with van der Waals surface area (Å²) in [4.78, 5) is 13.4. The van der Waals surface area contributed by atoms with E-state index in [0.29, 0.717) is 38.4 Å². The van der Waals surface area contributed by atoms with Gasteiger partial charge < -0.3 is 9.84 Å². The number of rotatable bonds is 4. The molecule has 9 heteroatoms. The number of amides is 1. The Hall–Kier alpha value is -2.74. The first kappa shape index (κ1) is 20.2. The van der Waals surface area contributed by atoms with Crippen LogP contribution in [0.25, 0.3) is 16.9 Å². The molecule has 0 spiro atoms. The van der Waals surface area contributed by atoms with E-state index >= 15 is 0 Å². The maximum atomic E-state index is 13.4. The van der Waals surface area contributed by atoms with Gasteiger partial charge in [0.1, 0.15) is 22.8 Å². The summed E-state index contributed by atoms with van der Waals surface area (Å²) in [5.41, 5.74) is 4.11. The predicted molar refractivity (Wildman–Crippen MR) is 123 cm³/mol. The molecule has 0 saturated heterocycles. The van der Waals surface area contributed by atoms with E-state index in [0.717, 1.165) is 28.5 Å². The van der Waals surface area contributed by atoms with E-state index in [1.54, 1.807) is 41.6 Å². The molecule has 156 valence electrons. The average Bonchev–Trinajstić information content (AvgIpc) is 3.44. The molecule has 0 radical (unpaired) electrons. The molecular formula is C22H16Cl2N4O2S. The van der Waals surface area contributed by atoms with E-state index in [2.05, 4.69) is 10.5 Å². The van der Waals surface area contributed by atoms with Crippen molar-refractivity contribution in [1.82, 2.24) is 14.9 Å². The highest BCUT2D eigenvalue weighted by atomic mass is 35.5. The Balaban J connectivity index is 1.57. The minimum absolute atomic E-state index is 0.337. The maximum absolute atomic E-state index is 13.4. The second-order valence-corrected chi connectivity index (χ2v) is 8.88. The largest absolute Gasteiger partial charge is 0.360 e. The molecule has 5 rings (SSSR count). The van der Waals surface area contributed by atoms with Gasteiger partial charge in [-0.1, -0.05) is 52.6 Å². The summed E-state index contributed by atoms with van der Waals surface area (Å²) in [5, 5.41) is 12.9. The summed E-state index contributed by atoms with van der Waals surface area (Å²) in [5.74, 6) is 2.26. The molecule has 31 heavy (non-hydrogen) atoms. The van der Waals surface area contributed by atoms with Crippen LogP contribution in [0.1, 0.15) is 27.4 Å². The Kier molecular flexibility index (Phi) is 5.25. The number of aryl methyl sites for hydroxylation is 1. The number of carbonyl (C=O) groups is 1. The van der Waals surface area contributed by atoms with Crippen molar-refractivity contribution in [2.24, 2.45) is 0 Å². The van der Waals surface area contributed by atoms with Gasteiger partial charge in [-0.2, -0.15) is 16.9 Å². The normalized spacial score (nSPS) is 12.7. The fourth-order valence-electron chi connectivity index (χ4n) is 3.58. The maximum Gasteiger partial charge on any atom is 0.262 e. The molecule has 1 aliphatic rings. The molecule has 2 aromatic heterocycles. The van der Waals surface area contributed by atoms with Crippen LogP contribution in [0, 0.1) is 6.92 Å². The molecular weight excluding hydrogens is 455 g/mol. The molecule has 1 N–H and O–H groups in total. The van der Waals surface area contributed by atoms with Crippen LogP contribution in [-0.4, -0.2) is 20.8 Å². The number of anilines is 1.